The lowest BCUT2D eigenvalue weighted by Gasteiger charge is -2.14. The molecule has 4 nitrogen and oxygen atoms in total. The fourth-order valence-electron chi connectivity index (χ4n) is 1.74. The third-order valence-electron chi connectivity index (χ3n) is 2.52. The average molecular weight is 231 g/mol. The van der Waals surface area contributed by atoms with Crippen molar-refractivity contribution in [2.75, 3.05) is 19.0 Å². The number of hydrogen-bond acceptors (Lipinski definition) is 3. The first-order valence-corrected chi connectivity index (χ1v) is 5.64. The molecule has 0 aliphatic carbocycles. The second-order valence-electron chi connectivity index (χ2n) is 4.04. The van der Waals surface area contributed by atoms with Crippen molar-refractivity contribution in [2.24, 2.45) is 0 Å². The van der Waals surface area contributed by atoms with Crippen LogP contribution in [-0.4, -0.2) is 29.7 Å². The first-order chi connectivity index (χ1) is 8.29. The van der Waals surface area contributed by atoms with Gasteiger partial charge in [0.25, 0.3) is 0 Å². The number of nitrogens with zero attached hydrogens (tertiary/aromatic N) is 1. The second-order valence-corrected chi connectivity index (χ2v) is 4.04. The predicted molar refractivity (Wildman–Crippen MR) is 69.0 cm³/mol. The number of ether oxygens (including phenoxy) is 1. The molecule has 1 aromatic carbocycles. The van der Waals surface area contributed by atoms with Crippen LogP contribution in [0.2, 0.25) is 0 Å². The molecule has 0 amide bonds. The van der Waals surface area contributed by atoms with Crippen molar-refractivity contribution in [3.8, 4) is 11.3 Å². The summed E-state index contributed by atoms with van der Waals surface area (Å²) in [5.74, 6) is 0. The molecule has 2 N–H and O–H groups in total. The molecule has 1 atom stereocenters. The summed E-state index contributed by atoms with van der Waals surface area (Å²) in [6, 6.07) is 8.55. The van der Waals surface area contributed by atoms with Crippen molar-refractivity contribution >= 4 is 5.69 Å². The van der Waals surface area contributed by atoms with Crippen molar-refractivity contribution in [2.45, 2.75) is 13.0 Å². The molecule has 0 fully saturated rings. The lowest BCUT2D eigenvalue weighted by atomic mass is 10.1. The van der Waals surface area contributed by atoms with Gasteiger partial charge in [0.15, 0.2) is 0 Å². The fraction of sp³-hybridized carbons (Fsp3) is 0.308. The summed E-state index contributed by atoms with van der Waals surface area (Å²) in [5.41, 5.74) is 3.26. The molecule has 0 saturated heterocycles. The molecule has 0 radical (unpaired) electrons. The molecule has 0 aliphatic rings. The van der Waals surface area contributed by atoms with Crippen LogP contribution >= 0.6 is 0 Å². The minimum Gasteiger partial charge on any atom is -0.383 e. The Hall–Kier alpha value is -1.81. The molecular formula is C13H17N3O. The summed E-state index contributed by atoms with van der Waals surface area (Å²) < 4.78 is 5.08. The van der Waals surface area contributed by atoms with Gasteiger partial charge in [0.05, 0.1) is 24.8 Å². The van der Waals surface area contributed by atoms with E-state index in [0.29, 0.717) is 12.6 Å². The van der Waals surface area contributed by atoms with Crippen molar-refractivity contribution in [1.82, 2.24) is 9.97 Å². The smallest absolute Gasteiger partial charge is 0.0924 e. The summed E-state index contributed by atoms with van der Waals surface area (Å²) in [4.78, 5) is 7.09. The van der Waals surface area contributed by atoms with Gasteiger partial charge in [-0.1, -0.05) is 12.1 Å². The van der Waals surface area contributed by atoms with Gasteiger partial charge in [-0.15, -0.1) is 0 Å². The largest absolute Gasteiger partial charge is 0.383 e. The quantitative estimate of drug-likeness (QED) is 0.831. The van der Waals surface area contributed by atoms with E-state index in [9.17, 15) is 0 Å². The Morgan fingerprint density at radius 2 is 2.12 bits per heavy atom. The molecule has 17 heavy (non-hydrogen) atoms. The standard InChI is InChI=1S/C13H17N3O/c1-10(8-17-2)16-12-5-3-11(4-6-12)13-7-14-9-15-13/h3-7,9-10,16H,8H2,1-2H3,(H,14,15). The van der Waals surface area contributed by atoms with E-state index >= 15 is 0 Å². The van der Waals surface area contributed by atoms with E-state index in [1.807, 2.05) is 6.20 Å². The third-order valence-corrected chi connectivity index (χ3v) is 2.52. The maximum absolute atomic E-state index is 5.08. The number of benzene rings is 1. The Balaban J connectivity index is 2.03. The molecule has 1 aromatic heterocycles. The number of hydrogen-bond donors (Lipinski definition) is 2. The molecule has 2 rings (SSSR count). The number of aromatic amines is 1. The van der Waals surface area contributed by atoms with Crippen molar-refractivity contribution in [3.05, 3.63) is 36.8 Å². The second kappa shape index (κ2) is 5.50. The van der Waals surface area contributed by atoms with Crippen LogP contribution in [0.1, 0.15) is 6.92 Å². The van der Waals surface area contributed by atoms with Crippen LogP contribution in [0.25, 0.3) is 11.3 Å². The summed E-state index contributed by atoms with van der Waals surface area (Å²) in [7, 11) is 1.71. The van der Waals surface area contributed by atoms with E-state index in [1.54, 1.807) is 13.4 Å². The molecular weight excluding hydrogens is 214 g/mol. The van der Waals surface area contributed by atoms with E-state index < -0.39 is 0 Å². The summed E-state index contributed by atoms with van der Waals surface area (Å²) in [5, 5.41) is 3.36. The van der Waals surface area contributed by atoms with Crippen molar-refractivity contribution < 1.29 is 4.74 Å². The molecule has 0 aliphatic heterocycles. The minimum absolute atomic E-state index is 0.304. The number of aromatic nitrogens is 2. The van der Waals surface area contributed by atoms with Crippen LogP contribution in [0.4, 0.5) is 5.69 Å². The van der Waals surface area contributed by atoms with E-state index in [-0.39, 0.29) is 0 Å². The Bertz CT molecular complexity index is 436. The van der Waals surface area contributed by atoms with E-state index in [0.717, 1.165) is 16.9 Å². The van der Waals surface area contributed by atoms with Gasteiger partial charge >= 0.3 is 0 Å². The van der Waals surface area contributed by atoms with Crippen LogP contribution in [0.3, 0.4) is 0 Å². The number of nitrogens with one attached hydrogen (secondary N) is 2. The highest BCUT2D eigenvalue weighted by molar-refractivity contribution is 5.62. The zero-order valence-corrected chi connectivity index (χ0v) is 10.1. The average Bonchev–Trinajstić information content (AvgIpc) is 2.84. The summed E-state index contributed by atoms with van der Waals surface area (Å²) >= 11 is 0. The van der Waals surface area contributed by atoms with Gasteiger partial charge in [-0.3, -0.25) is 0 Å². The predicted octanol–water partition coefficient (Wildman–Crippen LogP) is 2.52. The highest BCUT2D eigenvalue weighted by atomic mass is 16.5. The summed E-state index contributed by atoms with van der Waals surface area (Å²) in [6.07, 6.45) is 3.50. The van der Waals surface area contributed by atoms with Gasteiger partial charge in [-0.2, -0.15) is 0 Å². The van der Waals surface area contributed by atoms with Crippen LogP contribution < -0.4 is 5.32 Å². The van der Waals surface area contributed by atoms with Crippen LogP contribution in [0.15, 0.2) is 36.8 Å². The monoisotopic (exact) mass is 231 g/mol. The number of rotatable bonds is 5. The minimum atomic E-state index is 0.304. The zero-order valence-electron chi connectivity index (χ0n) is 10.1. The van der Waals surface area contributed by atoms with Gasteiger partial charge in [0.2, 0.25) is 0 Å². The number of imidazole rings is 1. The van der Waals surface area contributed by atoms with Gasteiger partial charge < -0.3 is 15.0 Å². The number of anilines is 1. The molecule has 0 spiro atoms. The highest BCUT2D eigenvalue weighted by Gasteiger charge is 2.02. The van der Waals surface area contributed by atoms with E-state index in [2.05, 4.69) is 46.5 Å². The first-order valence-electron chi connectivity index (χ1n) is 5.64. The first kappa shape index (κ1) is 11.7. The Labute approximate surface area is 101 Å². The normalized spacial score (nSPS) is 12.4. The van der Waals surface area contributed by atoms with Crippen LogP contribution in [-0.2, 0) is 4.74 Å². The third kappa shape index (κ3) is 3.07. The van der Waals surface area contributed by atoms with Crippen molar-refractivity contribution in [1.29, 1.82) is 0 Å². The molecule has 0 bridgehead atoms. The van der Waals surface area contributed by atoms with E-state index in [1.165, 1.54) is 0 Å². The topological polar surface area (TPSA) is 49.9 Å². The van der Waals surface area contributed by atoms with Crippen molar-refractivity contribution in [3.63, 3.8) is 0 Å². The Morgan fingerprint density at radius 1 is 1.35 bits per heavy atom. The van der Waals surface area contributed by atoms with Crippen LogP contribution in [0.5, 0.6) is 0 Å². The number of H-pyrrole nitrogens is 1. The van der Waals surface area contributed by atoms with Gasteiger partial charge in [0, 0.05) is 18.8 Å². The highest BCUT2D eigenvalue weighted by Crippen LogP contribution is 2.19. The maximum atomic E-state index is 5.08. The molecule has 1 heterocycles. The lowest BCUT2D eigenvalue weighted by Crippen LogP contribution is -2.20. The Morgan fingerprint density at radius 3 is 2.71 bits per heavy atom. The Kier molecular flexibility index (Phi) is 3.77. The molecule has 4 heteroatoms. The molecule has 0 saturated carbocycles. The molecule has 90 valence electrons. The molecule has 2 aromatic rings. The lowest BCUT2D eigenvalue weighted by molar-refractivity contribution is 0.190. The maximum Gasteiger partial charge on any atom is 0.0924 e. The SMILES string of the molecule is COCC(C)Nc1ccc(-c2cnc[nH]2)cc1. The zero-order chi connectivity index (χ0) is 12.1. The number of methoxy groups -OCH3 is 1. The van der Waals surface area contributed by atoms with E-state index in [4.69, 9.17) is 4.74 Å². The fourth-order valence-corrected chi connectivity index (χ4v) is 1.74. The van der Waals surface area contributed by atoms with Gasteiger partial charge in [-0.05, 0) is 24.6 Å². The van der Waals surface area contributed by atoms with Crippen LogP contribution in [0, 0.1) is 0 Å². The van der Waals surface area contributed by atoms with Gasteiger partial charge in [0.1, 0.15) is 0 Å². The molecule has 1 unspecified atom stereocenters. The van der Waals surface area contributed by atoms with Gasteiger partial charge in [-0.25, -0.2) is 4.98 Å². The summed E-state index contributed by atoms with van der Waals surface area (Å²) in [6.45, 7) is 2.79.